The zero-order chi connectivity index (χ0) is 36.4. The van der Waals surface area contributed by atoms with E-state index >= 15 is 0 Å². The fourth-order valence-electron chi connectivity index (χ4n) is 9.68. The van der Waals surface area contributed by atoms with E-state index in [0.717, 1.165) is 80.9 Å². The molecule has 2 aliphatic heterocycles. The summed E-state index contributed by atoms with van der Waals surface area (Å²) in [4.78, 5) is 41.5. The molecule has 8 heteroatoms. The van der Waals surface area contributed by atoms with Gasteiger partial charge in [-0.15, -0.1) is 0 Å². The van der Waals surface area contributed by atoms with Gasteiger partial charge in [-0.1, -0.05) is 74.6 Å². The zero-order valence-corrected chi connectivity index (χ0v) is 30.7. The van der Waals surface area contributed by atoms with Crippen LogP contribution in [0.2, 0.25) is 0 Å². The lowest BCUT2D eigenvalue weighted by atomic mass is 9.81. The normalized spacial score (nSPS) is 20.2. The number of hydrogen-bond acceptors (Lipinski definition) is 4. The van der Waals surface area contributed by atoms with Gasteiger partial charge in [-0.2, -0.15) is 0 Å². The smallest absolute Gasteiger partial charge is 0.328 e. The Balaban J connectivity index is 1.12. The first kappa shape index (κ1) is 35.2. The lowest BCUT2D eigenvalue weighted by Crippen LogP contribution is -2.51. The van der Waals surface area contributed by atoms with Crippen molar-refractivity contribution < 1.29 is 19.5 Å². The molecular formula is C45H52N4O4. The first-order chi connectivity index (χ1) is 25.9. The van der Waals surface area contributed by atoms with Crippen LogP contribution in [0, 0.1) is 5.92 Å². The third-order valence-corrected chi connectivity index (χ3v) is 12.4. The average Bonchev–Trinajstić information content (AvgIpc) is 3.74. The Bertz CT molecular complexity index is 2010. The first-order valence-corrected chi connectivity index (χ1v) is 20.0. The van der Waals surface area contributed by atoms with Crippen LogP contribution in [0.5, 0.6) is 0 Å². The molecule has 8 rings (SSSR count). The Morgan fingerprint density at radius 1 is 0.849 bits per heavy atom. The van der Waals surface area contributed by atoms with E-state index in [1.54, 1.807) is 6.08 Å². The van der Waals surface area contributed by atoms with E-state index in [4.69, 9.17) is 5.11 Å². The van der Waals surface area contributed by atoms with Crippen LogP contribution < -0.4 is 10.6 Å². The molecule has 2 amide bonds. The van der Waals surface area contributed by atoms with Gasteiger partial charge < -0.3 is 25.2 Å². The summed E-state index contributed by atoms with van der Waals surface area (Å²) in [6.07, 6.45) is 16.8. The number of piperidine rings is 1. The van der Waals surface area contributed by atoms with Crippen molar-refractivity contribution in [3.8, 4) is 11.3 Å². The number of aliphatic carboxylic acids is 1. The summed E-state index contributed by atoms with van der Waals surface area (Å²) in [7, 11) is 0. The Morgan fingerprint density at radius 3 is 2.34 bits per heavy atom. The number of likely N-dealkylation sites (tertiary alicyclic amines) is 1. The maximum Gasteiger partial charge on any atom is 0.328 e. The molecule has 1 aromatic heterocycles. The highest BCUT2D eigenvalue weighted by atomic mass is 16.4. The number of benzene rings is 3. The predicted octanol–water partition coefficient (Wildman–Crippen LogP) is 8.79. The van der Waals surface area contributed by atoms with E-state index in [0.29, 0.717) is 24.6 Å². The number of hydrogen-bond donors (Lipinski definition) is 3. The molecule has 3 N–H and O–H groups in total. The van der Waals surface area contributed by atoms with E-state index in [1.165, 1.54) is 66.3 Å². The van der Waals surface area contributed by atoms with Crippen molar-refractivity contribution >= 4 is 40.4 Å². The number of fused-ring (bicyclic) bond motifs is 5. The second-order valence-corrected chi connectivity index (χ2v) is 16.0. The number of aromatic nitrogens is 1. The summed E-state index contributed by atoms with van der Waals surface area (Å²) in [5.41, 5.74) is 8.26. The Hall–Kier alpha value is -4.85. The Morgan fingerprint density at radius 2 is 1.58 bits per heavy atom. The molecule has 4 aliphatic rings. The van der Waals surface area contributed by atoms with Crippen molar-refractivity contribution in [2.75, 3.05) is 25.0 Å². The van der Waals surface area contributed by atoms with E-state index in [9.17, 15) is 14.4 Å². The van der Waals surface area contributed by atoms with Crippen LogP contribution in [0.15, 0.2) is 72.8 Å². The van der Waals surface area contributed by atoms with Crippen LogP contribution in [0.3, 0.4) is 0 Å². The number of nitrogens with one attached hydrogen (secondary N) is 2. The third-order valence-electron chi connectivity index (χ3n) is 12.4. The van der Waals surface area contributed by atoms with Crippen LogP contribution in [-0.4, -0.2) is 57.5 Å². The van der Waals surface area contributed by atoms with Crippen molar-refractivity contribution in [1.82, 2.24) is 14.8 Å². The molecule has 3 fully saturated rings. The number of amides is 2. The van der Waals surface area contributed by atoms with E-state index < -0.39 is 5.97 Å². The number of nitrogens with zero attached hydrogens (tertiary/aromatic N) is 2. The van der Waals surface area contributed by atoms with Crippen molar-refractivity contribution in [3.63, 3.8) is 0 Å². The number of rotatable bonds is 9. The maximum absolute atomic E-state index is 14.3. The van der Waals surface area contributed by atoms with Crippen LogP contribution in [0.1, 0.15) is 110 Å². The van der Waals surface area contributed by atoms with Gasteiger partial charge in [0.25, 0.3) is 5.91 Å². The van der Waals surface area contributed by atoms with Gasteiger partial charge in [0.1, 0.15) is 0 Å². The van der Waals surface area contributed by atoms with Crippen molar-refractivity contribution in [2.24, 2.45) is 5.92 Å². The lowest BCUT2D eigenvalue weighted by Gasteiger charge is -2.31. The molecule has 0 bridgehead atoms. The van der Waals surface area contributed by atoms with Gasteiger partial charge in [-0.3, -0.25) is 9.59 Å². The monoisotopic (exact) mass is 712 g/mol. The molecule has 3 aromatic carbocycles. The molecule has 53 heavy (non-hydrogen) atoms. The van der Waals surface area contributed by atoms with Gasteiger partial charge >= 0.3 is 5.97 Å². The molecule has 2 saturated carbocycles. The second kappa shape index (κ2) is 15.2. The van der Waals surface area contributed by atoms with Gasteiger partial charge in [0.2, 0.25) is 5.91 Å². The zero-order valence-electron chi connectivity index (χ0n) is 30.7. The molecule has 0 radical (unpaired) electrons. The maximum atomic E-state index is 14.3. The molecule has 3 heterocycles. The minimum atomic E-state index is -0.972. The third kappa shape index (κ3) is 7.38. The molecule has 0 spiro atoms. The van der Waals surface area contributed by atoms with E-state index in [2.05, 4.69) is 56.5 Å². The predicted molar refractivity (Wildman–Crippen MR) is 211 cm³/mol. The number of carboxylic acid groups (broad SMARTS) is 1. The topological polar surface area (TPSA) is 104 Å². The molecule has 276 valence electrons. The van der Waals surface area contributed by atoms with Crippen LogP contribution in [0.4, 0.5) is 5.69 Å². The molecule has 1 atom stereocenters. The molecule has 8 nitrogen and oxygen atoms in total. The minimum Gasteiger partial charge on any atom is -0.478 e. The highest BCUT2D eigenvalue weighted by Gasteiger charge is 2.37. The molecular weight excluding hydrogens is 661 g/mol. The number of carbonyl (C=O) groups excluding carboxylic acids is 2. The molecule has 2 aliphatic carbocycles. The fraction of sp³-hybridized carbons (Fsp3) is 0.444. The first-order valence-electron chi connectivity index (χ1n) is 20.0. The largest absolute Gasteiger partial charge is 0.478 e. The minimum absolute atomic E-state index is 0.0607. The highest BCUT2D eigenvalue weighted by molar-refractivity contribution is 6.01. The summed E-state index contributed by atoms with van der Waals surface area (Å²) < 4.78 is 2.43. The summed E-state index contributed by atoms with van der Waals surface area (Å²) in [6, 6.07) is 22.7. The summed E-state index contributed by atoms with van der Waals surface area (Å²) >= 11 is 0. The van der Waals surface area contributed by atoms with Crippen LogP contribution >= 0.6 is 0 Å². The molecule has 1 saturated heterocycles. The van der Waals surface area contributed by atoms with Crippen molar-refractivity contribution in [2.45, 2.75) is 101 Å². The number of carboxylic acids is 1. The average molecular weight is 713 g/mol. The van der Waals surface area contributed by atoms with E-state index in [1.807, 2.05) is 30.3 Å². The standard InChI is InChI=1S/C45H52N4O4/c50-40(51)22-17-31-15-19-36(20-16-31)46-30-45(23-7-8-24-45)47-43(52)34-18-21-38-39(28-34)49-29-35(44(53)48-25-9-2-10-26-48)27-33-13-5-6-14-37(33)42(49)41(38)32-11-3-1-4-12-32/h5-6,13-22,28,32,35,46H,1-4,7-12,23-27,29-30H2,(H,47,52)(H,50,51)/b22-17+. The summed E-state index contributed by atoms with van der Waals surface area (Å²) in [6.45, 7) is 2.92. The van der Waals surface area contributed by atoms with Gasteiger partial charge in [-0.05, 0) is 104 Å². The Labute approximate surface area is 312 Å². The van der Waals surface area contributed by atoms with Gasteiger partial charge in [0, 0.05) is 60.0 Å². The quantitative estimate of drug-likeness (QED) is 0.151. The van der Waals surface area contributed by atoms with Crippen molar-refractivity contribution in [3.05, 3.63) is 95.1 Å². The number of anilines is 1. The summed E-state index contributed by atoms with van der Waals surface area (Å²) in [5.74, 6) is -0.462. The Kier molecular flexibility index (Phi) is 10.1. The van der Waals surface area contributed by atoms with Gasteiger partial charge in [0.05, 0.1) is 17.2 Å². The summed E-state index contributed by atoms with van der Waals surface area (Å²) in [5, 5.41) is 17.2. The highest BCUT2D eigenvalue weighted by Crippen LogP contribution is 2.47. The SMILES string of the molecule is O=C(O)/C=C/c1ccc(NCC2(NC(=O)c3ccc4c(C5CCCCC5)c5n(c4c3)CC(C(=O)N3CCCCC3)Cc3ccccc3-5)CCCC2)cc1. The van der Waals surface area contributed by atoms with E-state index in [-0.39, 0.29) is 23.3 Å². The molecule has 1 unspecified atom stereocenters. The number of carbonyl (C=O) groups is 3. The van der Waals surface area contributed by atoms with Crippen LogP contribution in [0.25, 0.3) is 28.2 Å². The van der Waals surface area contributed by atoms with Crippen molar-refractivity contribution in [1.29, 1.82) is 0 Å². The lowest BCUT2D eigenvalue weighted by molar-refractivity contribution is -0.137. The molecule has 4 aromatic rings. The van der Waals surface area contributed by atoms with Gasteiger partial charge in [0.15, 0.2) is 0 Å². The van der Waals surface area contributed by atoms with Gasteiger partial charge in [-0.25, -0.2) is 4.79 Å². The fourth-order valence-corrected chi connectivity index (χ4v) is 9.68. The van der Waals surface area contributed by atoms with Crippen LogP contribution in [-0.2, 0) is 22.6 Å². The second-order valence-electron chi connectivity index (χ2n) is 16.0.